The standard InChI is InChI=1S/C33H27F2N7O2S/c1-17(2)32(43)41-21-7-10-23(24(13-21)30(34)35)28-26(19-5-8-22(9-6-19)44-33-37-12-11-18(3)40-33)27-29(45-28)25(15-38-31(27)36)20-14-39-42(4)16-20/h5-16,30H,1H2,2-4H3,(H2,36,38)(H,41,43). The number of rotatable bonds is 8. The third kappa shape index (κ3) is 5.87. The zero-order valence-corrected chi connectivity index (χ0v) is 25.3. The molecule has 0 saturated heterocycles. The maximum atomic E-state index is 14.7. The van der Waals surface area contributed by atoms with Gasteiger partial charge in [0.1, 0.15) is 11.6 Å². The van der Waals surface area contributed by atoms with Crippen LogP contribution < -0.4 is 15.8 Å². The van der Waals surface area contributed by atoms with Gasteiger partial charge in [-0.3, -0.25) is 9.48 Å². The van der Waals surface area contributed by atoms with Gasteiger partial charge in [0, 0.05) is 85.4 Å². The summed E-state index contributed by atoms with van der Waals surface area (Å²) in [5.74, 6) is 0.301. The number of fused-ring (bicyclic) bond motifs is 1. The van der Waals surface area contributed by atoms with E-state index in [0.717, 1.165) is 21.5 Å². The highest BCUT2D eigenvalue weighted by molar-refractivity contribution is 7.23. The van der Waals surface area contributed by atoms with E-state index in [1.165, 1.54) is 17.4 Å². The van der Waals surface area contributed by atoms with Gasteiger partial charge in [-0.05, 0) is 49.7 Å². The van der Waals surface area contributed by atoms with Crippen LogP contribution in [0.4, 0.5) is 20.3 Å². The van der Waals surface area contributed by atoms with Gasteiger partial charge < -0.3 is 15.8 Å². The number of pyridine rings is 1. The van der Waals surface area contributed by atoms with Crippen molar-refractivity contribution in [3.8, 4) is 44.5 Å². The molecule has 226 valence electrons. The monoisotopic (exact) mass is 623 g/mol. The number of benzene rings is 2. The van der Waals surface area contributed by atoms with Gasteiger partial charge in [-0.25, -0.2) is 23.7 Å². The molecule has 9 nitrogen and oxygen atoms in total. The molecule has 0 unspecified atom stereocenters. The van der Waals surface area contributed by atoms with Crippen molar-refractivity contribution in [1.82, 2.24) is 24.7 Å². The van der Waals surface area contributed by atoms with Crippen LogP contribution in [0.15, 0.2) is 85.5 Å². The first-order valence-electron chi connectivity index (χ1n) is 13.8. The first-order valence-corrected chi connectivity index (χ1v) is 14.6. The molecule has 45 heavy (non-hydrogen) atoms. The third-order valence-electron chi connectivity index (χ3n) is 7.06. The highest BCUT2D eigenvalue weighted by atomic mass is 32.1. The predicted octanol–water partition coefficient (Wildman–Crippen LogP) is 7.96. The fourth-order valence-electron chi connectivity index (χ4n) is 4.89. The van der Waals surface area contributed by atoms with Crippen molar-refractivity contribution < 1.29 is 18.3 Å². The van der Waals surface area contributed by atoms with E-state index in [-0.39, 0.29) is 28.7 Å². The Labute approximate surface area is 261 Å². The first-order chi connectivity index (χ1) is 21.6. The lowest BCUT2D eigenvalue weighted by Gasteiger charge is -2.14. The summed E-state index contributed by atoms with van der Waals surface area (Å²) < 4.78 is 37.7. The summed E-state index contributed by atoms with van der Waals surface area (Å²) in [6.07, 6.45) is 4.02. The number of nitrogens with two attached hydrogens (primary N) is 1. The van der Waals surface area contributed by atoms with Crippen molar-refractivity contribution >= 4 is 38.8 Å². The third-order valence-corrected chi connectivity index (χ3v) is 8.32. The molecule has 1 amide bonds. The second-order valence-corrected chi connectivity index (χ2v) is 11.4. The van der Waals surface area contributed by atoms with E-state index in [1.807, 2.05) is 32.3 Å². The number of aryl methyl sites for hydroxylation is 2. The van der Waals surface area contributed by atoms with Gasteiger partial charge in [0.05, 0.1) is 6.20 Å². The fourth-order valence-corrected chi connectivity index (χ4v) is 6.30. The van der Waals surface area contributed by atoms with Crippen molar-refractivity contribution in [3.05, 3.63) is 96.7 Å². The molecule has 0 aliphatic carbocycles. The van der Waals surface area contributed by atoms with Crippen molar-refractivity contribution in [1.29, 1.82) is 0 Å². The predicted molar refractivity (Wildman–Crippen MR) is 172 cm³/mol. The summed E-state index contributed by atoms with van der Waals surface area (Å²) in [5, 5.41) is 7.56. The number of nitrogen functional groups attached to an aromatic ring is 1. The van der Waals surface area contributed by atoms with E-state index in [1.54, 1.807) is 60.5 Å². The quantitative estimate of drug-likeness (QED) is 0.165. The first kappa shape index (κ1) is 29.6. The lowest BCUT2D eigenvalue weighted by Crippen LogP contribution is -2.12. The Morgan fingerprint density at radius 2 is 1.84 bits per heavy atom. The summed E-state index contributed by atoms with van der Waals surface area (Å²) in [6.45, 7) is 7.01. The Balaban J connectivity index is 1.55. The van der Waals surface area contributed by atoms with Gasteiger partial charge in [-0.15, -0.1) is 11.3 Å². The average molecular weight is 624 g/mol. The molecule has 2 aromatic carbocycles. The van der Waals surface area contributed by atoms with Gasteiger partial charge >= 0.3 is 6.01 Å². The van der Waals surface area contributed by atoms with Crippen LogP contribution in [0.2, 0.25) is 0 Å². The zero-order chi connectivity index (χ0) is 31.8. The number of carbonyl (C=O) groups excluding carboxylic acids is 1. The van der Waals surface area contributed by atoms with E-state index >= 15 is 0 Å². The van der Waals surface area contributed by atoms with Crippen molar-refractivity contribution in [3.63, 3.8) is 0 Å². The molecule has 0 bridgehead atoms. The van der Waals surface area contributed by atoms with E-state index < -0.39 is 12.3 Å². The summed E-state index contributed by atoms with van der Waals surface area (Å²) in [7, 11) is 1.81. The Morgan fingerprint density at radius 3 is 2.51 bits per heavy atom. The van der Waals surface area contributed by atoms with E-state index in [4.69, 9.17) is 10.5 Å². The Hall–Kier alpha value is -5.49. The van der Waals surface area contributed by atoms with Crippen molar-refractivity contribution in [2.75, 3.05) is 11.1 Å². The highest BCUT2D eigenvalue weighted by Gasteiger charge is 2.26. The minimum absolute atomic E-state index is 0.208. The molecule has 3 N–H and O–H groups in total. The maximum Gasteiger partial charge on any atom is 0.322 e. The molecule has 4 aromatic heterocycles. The molecule has 0 spiro atoms. The summed E-state index contributed by atoms with van der Waals surface area (Å²) in [5.41, 5.74) is 10.8. The lowest BCUT2D eigenvalue weighted by molar-refractivity contribution is -0.112. The number of halogens is 2. The summed E-state index contributed by atoms with van der Waals surface area (Å²) >= 11 is 1.34. The fraction of sp³-hybridized carbons (Fsp3) is 0.121. The van der Waals surface area contributed by atoms with Gasteiger partial charge in [0.15, 0.2) is 0 Å². The molecule has 4 heterocycles. The van der Waals surface area contributed by atoms with E-state index in [0.29, 0.717) is 32.7 Å². The molecule has 6 aromatic rings. The highest BCUT2D eigenvalue weighted by Crippen LogP contribution is 2.51. The minimum atomic E-state index is -2.84. The van der Waals surface area contributed by atoms with Crippen LogP contribution in [0.5, 0.6) is 11.8 Å². The lowest BCUT2D eigenvalue weighted by atomic mass is 9.95. The smallest absolute Gasteiger partial charge is 0.322 e. The molecular weight excluding hydrogens is 596 g/mol. The maximum absolute atomic E-state index is 14.7. The molecule has 0 fully saturated rings. The minimum Gasteiger partial charge on any atom is -0.424 e. The number of thiophene rings is 1. The number of hydrogen-bond acceptors (Lipinski definition) is 8. The number of carbonyl (C=O) groups is 1. The SMILES string of the molecule is C=C(C)C(=O)Nc1ccc(-c2sc3c(-c4cnn(C)c4)cnc(N)c3c2-c2ccc(Oc3nccc(C)n3)cc2)c(C(F)F)c1. The second kappa shape index (κ2) is 11.9. The number of hydrogen-bond donors (Lipinski definition) is 2. The molecule has 6 rings (SSSR count). The van der Waals surface area contributed by atoms with Crippen molar-refractivity contribution in [2.45, 2.75) is 20.3 Å². The number of aromatic nitrogens is 5. The number of anilines is 2. The number of amides is 1. The molecule has 0 radical (unpaired) electrons. The van der Waals surface area contributed by atoms with Crippen LogP contribution in [0.1, 0.15) is 24.6 Å². The Bertz CT molecular complexity index is 2090. The van der Waals surface area contributed by atoms with Crippen LogP contribution in [-0.2, 0) is 11.8 Å². The Kier molecular flexibility index (Phi) is 7.81. The van der Waals surface area contributed by atoms with Crippen LogP contribution in [0.3, 0.4) is 0 Å². The van der Waals surface area contributed by atoms with Crippen LogP contribution >= 0.6 is 11.3 Å². The van der Waals surface area contributed by atoms with Crippen LogP contribution in [0.25, 0.3) is 42.8 Å². The van der Waals surface area contributed by atoms with E-state index in [2.05, 4.69) is 31.9 Å². The molecule has 0 aliphatic heterocycles. The molecule has 0 atom stereocenters. The molecule has 0 saturated carbocycles. The van der Waals surface area contributed by atoms with Crippen molar-refractivity contribution in [2.24, 2.45) is 7.05 Å². The average Bonchev–Trinajstić information content (AvgIpc) is 3.62. The number of alkyl halides is 2. The number of nitrogens with zero attached hydrogens (tertiary/aromatic N) is 5. The van der Waals surface area contributed by atoms with Crippen LogP contribution in [0, 0.1) is 6.92 Å². The summed E-state index contributed by atoms with van der Waals surface area (Å²) in [4.78, 5) is 25.7. The van der Waals surface area contributed by atoms with Gasteiger partial charge in [-0.2, -0.15) is 5.10 Å². The summed E-state index contributed by atoms with van der Waals surface area (Å²) in [6, 6.07) is 13.6. The molecule has 12 heteroatoms. The van der Waals surface area contributed by atoms with Gasteiger partial charge in [0.2, 0.25) is 0 Å². The van der Waals surface area contributed by atoms with E-state index in [9.17, 15) is 13.6 Å². The zero-order valence-electron chi connectivity index (χ0n) is 24.5. The number of nitrogens with one attached hydrogen (secondary N) is 1. The van der Waals surface area contributed by atoms with Crippen LogP contribution in [-0.4, -0.2) is 30.6 Å². The number of ether oxygens (including phenoxy) is 1. The largest absolute Gasteiger partial charge is 0.424 e. The molecular formula is C33H27F2N7O2S. The normalized spacial score (nSPS) is 11.2. The second-order valence-electron chi connectivity index (χ2n) is 10.4. The van der Waals surface area contributed by atoms with Gasteiger partial charge in [-0.1, -0.05) is 24.8 Å². The Morgan fingerprint density at radius 1 is 1.07 bits per heavy atom. The topological polar surface area (TPSA) is 121 Å². The molecule has 0 aliphatic rings. The van der Waals surface area contributed by atoms with Gasteiger partial charge in [0.25, 0.3) is 12.3 Å².